The molecule has 12 heteroatoms. The average Bonchev–Trinajstić information content (AvgIpc) is 2.73. The number of nitrogens with two attached hydrogens (primary N) is 1. The molecule has 0 bridgehead atoms. The Bertz CT molecular complexity index is 676. The van der Waals surface area contributed by atoms with Crippen LogP contribution >= 0.6 is 0 Å². The van der Waals surface area contributed by atoms with Gasteiger partial charge in [-0.05, 0) is 0 Å². The summed E-state index contributed by atoms with van der Waals surface area (Å²) >= 11 is 0. The first-order valence-corrected chi connectivity index (χ1v) is 6.04. The number of aliphatic hydroxyl groups excluding tert-OH is 2. The van der Waals surface area contributed by atoms with Crippen molar-refractivity contribution in [3.05, 3.63) is 33.1 Å². The quantitative estimate of drug-likeness (QED) is 0.295. The van der Waals surface area contributed by atoms with E-state index in [1.807, 2.05) is 4.98 Å². The fourth-order valence-electron chi connectivity index (χ4n) is 2.29. The van der Waals surface area contributed by atoms with E-state index in [-0.39, 0.29) is 0 Å². The molecule has 0 saturated carbocycles. The summed E-state index contributed by atoms with van der Waals surface area (Å²) in [6.45, 7) is -0.993. The van der Waals surface area contributed by atoms with Gasteiger partial charge in [-0.3, -0.25) is 14.3 Å². The predicted molar refractivity (Wildman–Crippen MR) is 65.8 cm³/mol. The van der Waals surface area contributed by atoms with Crippen LogP contribution in [0.1, 0.15) is 6.23 Å². The van der Waals surface area contributed by atoms with Crippen LogP contribution in [-0.4, -0.2) is 44.6 Å². The number of aromatic nitrogens is 2. The number of nitrogens with one attached hydrogen (secondary N) is 1. The van der Waals surface area contributed by atoms with E-state index in [0.29, 0.717) is 4.57 Å². The van der Waals surface area contributed by atoms with E-state index in [0.717, 1.165) is 12.3 Å². The summed E-state index contributed by atoms with van der Waals surface area (Å²) in [5.41, 5.74) is -3.98. The number of H-pyrrole nitrogens is 1. The van der Waals surface area contributed by atoms with E-state index >= 15 is 0 Å². The molecule has 5 N–H and O–H groups in total. The van der Waals surface area contributed by atoms with Crippen LogP contribution < -0.4 is 17.1 Å². The molecule has 10 nitrogen and oxygen atoms in total. The van der Waals surface area contributed by atoms with Gasteiger partial charge >= 0.3 is 5.69 Å². The molecule has 1 aliphatic rings. The Hall–Kier alpha value is -2.18. The van der Waals surface area contributed by atoms with Crippen LogP contribution in [0.3, 0.4) is 0 Å². The summed E-state index contributed by atoms with van der Waals surface area (Å²) in [5.74, 6) is 2.94. The fourth-order valence-corrected chi connectivity index (χ4v) is 2.29. The van der Waals surface area contributed by atoms with Crippen molar-refractivity contribution in [2.45, 2.75) is 24.5 Å². The van der Waals surface area contributed by atoms with Crippen LogP contribution in [0.15, 0.2) is 32.2 Å². The maximum atomic E-state index is 13.2. The summed E-state index contributed by atoms with van der Waals surface area (Å²) in [6, 6.07) is 0.920. The van der Waals surface area contributed by atoms with Crippen molar-refractivity contribution in [2.75, 3.05) is 6.61 Å². The van der Waals surface area contributed by atoms with Gasteiger partial charge in [-0.25, -0.2) is 13.6 Å². The molecule has 2 rings (SSSR count). The zero-order chi connectivity index (χ0) is 16.5. The van der Waals surface area contributed by atoms with E-state index in [1.165, 1.54) is 0 Å². The first kappa shape index (κ1) is 16.2. The molecule has 2 heterocycles. The SMILES string of the molecule is NN=N[C@]1(CO)OC(n2ccc(=O)[nH]c2=O)[C@@H](C(F)F)[C@@H]1O. The molecule has 22 heavy (non-hydrogen) atoms. The predicted octanol–water partition coefficient (Wildman–Crippen LogP) is -1.68. The smallest absolute Gasteiger partial charge is 0.330 e. The highest BCUT2D eigenvalue weighted by atomic mass is 19.3. The molecule has 122 valence electrons. The zero-order valence-electron chi connectivity index (χ0n) is 11.0. The van der Waals surface area contributed by atoms with Crippen LogP contribution in [0.25, 0.3) is 0 Å². The zero-order valence-corrected chi connectivity index (χ0v) is 11.0. The van der Waals surface area contributed by atoms with E-state index in [2.05, 4.69) is 10.3 Å². The van der Waals surface area contributed by atoms with E-state index < -0.39 is 48.3 Å². The summed E-state index contributed by atoms with van der Waals surface area (Å²) in [5, 5.41) is 25.5. The summed E-state index contributed by atoms with van der Waals surface area (Å²) in [6.07, 6.45) is -5.84. The summed E-state index contributed by atoms with van der Waals surface area (Å²) < 4.78 is 32.3. The number of rotatable bonds is 4. The molecule has 1 aromatic rings. The van der Waals surface area contributed by atoms with Gasteiger partial charge in [0.1, 0.15) is 6.10 Å². The molecular formula is C10H13F2N5O5. The number of alkyl halides is 2. The lowest BCUT2D eigenvalue weighted by atomic mass is 9.96. The highest BCUT2D eigenvalue weighted by Gasteiger charge is 2.59. The van der Waals surface area contributed by atoms with Crippen molar-refractivity contribution in [2.24, 2.45) is 22.1 Å². The monoisotopic (exact) mass is 321 g/mol. The Balaban J connectivity index is 2.54. The number of hydrogen-bond acceptors (Lipinski definition) is 7. The Morgan fingerprint density at radius 3 is 2.73 bits per heavy atom. The van der Waals surface area contributed by atoms with Crippen molar-refractivity contribution in [3.63, 3.8) is 0 Å². The maximum Gasteiger partial charge on any atom is 0.330 e. The standard InChI is InChI=1S/C10H13F2N5O5/c11-7(12)5-6(20)10(3-18,15-16-13)22-8(5)17-2-1-4(19)14-9(17)21/h1-2,5-8,18,20H,3H2,(H2,13,15)(H,14,19,21)/t5-,6+,8?,10-/m1/s1. The fraction of sp³-hybridized carbons (Fsp3) is 0.600. The molecule has 1 aliphatic heterocycles. The Labute approximate surface area is 120 Å². The molecule has 0 spiro atoms. The highest BCUT2D eigenvalue weighted by molar-refractivity contribution is 5.00. The minimum atomic E-state index is -3.11. The Morgan fingerprint density at radius 1 is 1.55 bits per heavy atom. The van der Waals surface area contributed by atoms with E-state index in [4.69, 9.17) is 10.6 Å². The second kappa shape index (κ2) is 5.90. The second-order valence-electron chi connectivity index (χ2n) is 4.60. The molecule has 0 aliphatic carbocycles. The van der Waals surface area contributed by atoms with Crippen LogP contribution in [0, 0.1) is 5.92 Å². The minimum Gasteiger partial charge on any atom is -0.391 e. The molecular weight excluding hydrogens is 308 g/mol. The molecule has 1 saturated heterocycles. The molecule has 1 fully saturated rings. The van der Waals surface area contributed by atoms with Gasteiger partial charge < -0.3 is 20.8 Å². The van der Waals surface area contributed by atoms with Crippen molar-refractivity contribution in [1.82, 2.24) is 9.55 Å². The molecule has 0 aromatic carbocycles. The lowest BCUT2D eigenvalue weighted by Gasteiger charge is -2.23. The van der Waals surface area contributed by atoms with Gasteiger partial charge in [-0.2, -0.15) is 0 Å². The van der Waals surface area contributed by atoms with Crippen LogP contribution in [0.4, 0.5) is 8.78 Å². The van der Waals surface area contributed by atoms with Crippen molar-refractivity contribution in [3.8, 4) is 0 Å². The van der Waals surface area contributed by atoms with Gasteiger partial charge in [0.25, 0.3) is 5.56 Å². The molecule has 4 atom stereocenters. The lowest BCUT2D eigenvalue weighted by molar-refractivity contribution is -0.128. The first-order chi connectivity index (χ1) is 10.4. The third-order valence-corrected chi connectivity index (χ3v) is 3.35. The molecule has 1 aromatic heterocycles. The van der Waals surface area contributed by atoms with Gasteiger partial charge in [0.2, 0.25) is 12.2 Å². The first-order valence-electron chi connectivity index (χ1n) is 6.04. The van der Waals surface area contributed by atoms with Gasteiger partial charge in [-0.1, -0.05) is 5.22 Å². The number of aromatic amines is 1. The van der Waals surface area contributed by atoms with Gasteiger partial charge in [0.05, 0.1) is 12.5 Å². The minimum absolute atomic E-state index is 0.658. The van der Waals surface area contributed by atoms with Gasteiger partial charge in [-0.15, -0.1) is 5.11 Å². The van der Waals surface area contributed by atoms with Gasteiger partial charge in [0, 0.05) is 12.3 Å². The van der Waals surface area contributed by atoms with Crippen LogP contribution in [-0.2, 0) is 4.74 Å². The van der Waals surface area contributed by atoms with Crippen LogP contribution in [0.5, 0.6) is 0 Å². The van der Waals surface area contributed by atoms with Gasteiger partial charge in [0.15, 0.2) is 6.23 Å². The third kappa shape index (κ3) is 2.51. The highest BCUT2D eigenvalue weighted by Crippen LogP contribution is 2.44. The number of ether oxygens (including phenoxy) is 1. The Morgan fingerprint density at radius 2 is 2.23 bits per heavy atom. The van der Waals surface area contributed by atoms with Crippen LogP contribution in [0.2, 0.25) is 0 Å². The number of nitrogens with zero attached hydrogens (tertiary/aromatic N) is 3. The van der Waals surface area contributed by atoms with E-state index in [9.17, 15) is 28.6 Å². The largest absolute Gasteiger partial charge is 0.391 e. The van der Waals surface area contributed by atoms with Crippen molar-refractivity contribution in [1.29, 1.82) is 0 Å². The lowest BCUT2D eigenvalue weighted by Crippen LogP contribution is -2.44. The number of halogens is 2. The van der Waals surface area contributed by atoms with Crippen molar-refractivity contribution >= 4 is 0 Å². The molecule has 0 amide bonds. The topological polar surface area (TPSA) is 155 Å². The normalized spacial score (nSPS) is 32.1. The maximum absolute atomic E-state index is 13.2. The average molecular weight is 321 g/mol. The summed E-state index contributed by atoms with van der Waals surface area (Å²) in [4.78, 5) is 24.6. The van der Waals surface area contributed by atoms with Crippen molar-refractivity contribution < 1.29 is 23.7 Å². The second-order valence-corrected chi connectivity index (χ2v) is 4.60. The number of hydrogen-bond donors (Lipinski definition) is 4. The Kier molecular flexibility index (Phi) is 4.35. The number of aliphatic hydroxyl groups is 2. The molecule has 0 radical (unpaired) electrons. The summed E-state index contributed by atoms with van der Waals surface area (Å²) in [7, 11) is 0. The molecule has 1 unspecified atom stereocenters. The third-order valence-electron chi connectivity index (χ3n) is 3.35. The van der Waals surface area contributed by atoms with E-state index in [1.54, 1.807) is 0 Å².